The Morgan fingerprint density at radius 1 is 0.927 bits per heavy atom. The van der Waals surface area contributed by atoms with Crippen molar-refractivity contribution in [3.05, 3.63) is 106 Å². The number of amides is 1. The minimum Gasteiger partial charge on any atom is -0.505 e. The van der Waals surface area contributed by atoms with Gasteiger partial charge in [-0.3, -0.25) is 15.1 Å². The number of carbonyl (C=O) groups is 2. The molecule has 0 unspecified atom stereocenters. The van der Waals surface area contributed by atoms with Crippen LogP contribution in [0.15, 0.2) is 77.9 Å². The summed E-state index contributed by atoms with van der Waals surface area (Å²) in [5.74, 6) is -3.23. The molecule has 4 aromatic rings. The zero-order chi connectivity index (χ0) is 29.6. The molecule has 0 atom stereocenters. The van der Waals surface area contributed by atoms with Crippen molar-refractivity contribution < 1.29 is 37.4 Å². The molecule has 1 aliphatic rings. The largest absolute Gasteiger partial charge is 0.505 e. The molecule has 0 spiro atoms. The van der Waals surface area contributed by atoms with Crippen molar-refractivity contribution >= 4 is 34.7 Å². The summed E-state index contributed by atoms with van der Waals surface area (Å²) in [7, 11) is 0. The lowest BCUT2D eigenvalue weighted by Gasteiger charge is -2.19. The average Bonchev–Trinajstić information content (AvgIpc) is 3.20. The van der Waals surface area contributed by atoms with E-state index >= 15 is 0 Å². The molecule has 41 heavy (non-hydrogen) atoms. The van der Waals surface area contributed by atoms with Crippen molar-refractivity contribution in [2.24, 2.45) is 5.10 Å². The van der Waals surface area contributed by atoms with E-state index in [1.807, 2.05) is 6.92 Å². The number of phenolic OH excluding ortho intramolecular Hbond substituents is 1. The monoisotopic (exact) mass is 563 g/mol. The number of nitrogens with zero attached hydrogens (tertiary/aromatic N) is 2. The summed E-state index contributed by atoms with van der Waals surface area (Å²) < 4.78 is 55.2. The van der Waals surface area contributed by atoms with Crippen LogP contribution in [0.25, 0.3) is 11.1 Å². The van der Waals surface area contributed by atoms with Crippen molar-refractivity contribution in [1.82, 2.24) is 0 Å². The van der Waals surface area contributed by atoms with Gasteiger partial charge in [0.25, 0.3) is 5.91 Å². The SMILES string of the molecule is Cc1ccc(N2C(=O)/C(=N\Nc3cc(F)cc(-c4cccc(C(=O)O)c4)c3O)c3ccc(C(F)(F)F)cc32)cc1C. The highest BCUT2D eigenvalue weighted by atomic mass is 19.4. The van der Waals surface area contributed by atoms with Gasteiger partial charge in [-0.15, -0.1) is 0 Å². The molecule has 208 valence electrons. The van der Waals surface area contributed by atoms with Crippen LogP contribution < -0.4 is 10.3 Å². The Hall–Kier alpha value is -5.19. The Morgan fingerprint density at radius 3 is 2.37 bits per heavy atom. The topological polar surface area (TPSA) is 102 Å². The van der Waals surface area contributed by atoms with Gasteiger partial charge < -0.3 is 10.2 Å². The molecular formula is C30H21F4N3O4. The number of aryl methyl sites for hydroxylation is 2. The number of anilines is 3. The van der Waals surface area contributed by atoms with Gasteiger partial charge in [0.05, 0.1) is 16.8 Å². The third kappa shape index (κ3) is 5.09. The van der Waals surface area contributed by atoms with Gasteiger partial charge in [0.2, 0.25) is 0 Å². The first-order chi connectivity index (χ1) is 19.3. The molecule has 4 aromatic carbocycles. The number of phenols is 1. The van der Waals surface area contributed by atoms with Gasteiger partial charge >= 0.3 is 12.1 Å². The van der Waals surface area contributed by atoms with Crippen LogP contribution in [0.2, 0.25) is 0 Å². The first kappa shape index (κ1) is 27.4. The lowest BCUT2D eigenvalue weighted by Crippen LogP contribution is -2.26. The number of carboxylic acid groups (broad SMARTS) is 1. The van der Waals surface area contributed by atoms with Crippen molar-refractivity contribution in [3.8, 4) is 16.9 Å². The second kappa shape index (κ2) is 10.1. The smallest absolute Gasteiger partial charge is 0.416 e. The van der Waals surface area contributed by atoms with Crippen LogP contribution in [-0.2, 0) is 11.0 Å². The van der Waals surface area contributed by atoms with Gasteiger partial charge in [0.1, 0.15) is 17.3 Å². The number of fused-ring (bicyclic) bond motifs is 1. The first-order valence-electron chi connectivity index (χ1n) is 12.2. The lowest BCUT2D eigenvalue weighted by molar-refractivity contribution is -0.137. The number of rotatable bonds is 5. The lowest BCUT2D eigenvalue weighted by atomic mass is 10.0. The highest BCUT2D eigenvalue weighted by molar-refractivity contribution is 6.55. The fraction of sp³-hybridized carbons (Fsp3) is 0.100. The van der Waals surface area contributed by atoms with Crippen LogP contribution in [0.4, 0.5) is 34.6 Å². The molecule has 0 radical (unpaired) electrons. The number of carbonyl (C=O) groups excluding carboxylic acids is 1. The fourth-order valence-electron chi connectivity index (χ4n) is 4.49. The van der Waals surface area contributed by atoms with E-state index in [2.05, 4.69) is 10.5 Å². The molecule has 1 amide bonds. The predicted octanol–water partition coefficient (Wildman–Crippen LogP) is 7.03. The number of carboxylic acids is 1. The third-order valence-corrected chi connectivity index (χ3v) is 6.76. The molecule has 0 saturated carbocycles. The van der Waals surface area contributed by atoms with Crippen LogP contribution in [0.1, 0.15) is 32.6 Å². The van der Waals surface area contributed by atoms with E-state index in [-0.39, 0.29) is 39.3 Å². The number of hydrazone groups is 1. The summed E-state index contributed by atoms with van der Waals surface area (Å²) in [6, 6.07) is 15.3. The maximum atomic E-state index is 14.6. The van der Waals surface area contributed by atoms with Gasteiger partial charge in [-0.05, 0) is 79.1 Å². The van der Waals surface area contributed by atoms with Crippen LogP contribution in [0.5, 0.6) is 5.75 Å². The summed E-state index contributed by atoms with van der Waals surface area (Å²) in [6.07, 6.45) is -4.66. The second-order valence-corrected chi connectivity index (χ2v) is 9.45. The number of halogens is 4. The number of alkyl halides is 3. The molecule has 0 bridgehead atoms. The number of nitrogens with one attached hydrogen (secondary N) is 1. The molecule has 1 aliphatic heterocycles. The highest BCUT2D eigenvalue weighted by Gasteiger charge is 2.39. The summed E-state index contributed by atoms with van der Waals surface area (Å²) in [4.78, 5) is 26.0. The Balaban J connectivity index is 1.59. The van der Waals surface area contributed by atoms with Crippen LogP contribution in [0.3, 0.4) is 0 Å². The number of benzene rings is 4. The minimum atomic E-state index is -4.66. The summed E-state index contributed by atoms with van der Waals surface area (Å²) in [5, 5.41) is 24.2. The number of hydrogen-bond donors (Lipinski definition) is 3. The van der Waals surface area contributed by atoms with Crippen molar-refractivity contribution in [2.45, 2.75) is 20.0 Å². The van der Waals surface area contributed by atoms with E-state index in [4.69, 9.17) is 0 Å². The van der Waals surface area contributed by atoms with E-state index < -0.39 is 35.2 Å². The zero-order valence-electron chi connectivity index (χ0n) is 21.5. The Morgan fingerprint density at radius 2 is 1.68 bits per heavy atom. The van der Waals surface area contributed by atoms with E-state index in [0.29, 0.717) is 5.69 Å². The van der Waals surface area contributed by atoms with Crippen LogP contribution >= 0.6 is 0 Å². The summed E-state index contributed by atoms with van der Waals surface area (Å²) in [5.41, 5.74) is 3.21. The molecule has 0 aromatic heterocycles. The Kier molecular flexibility index (Phi) is 6.74. The van der Waals surface area contributed by atoms with Crippen LogP contribution in [-0.4, -0.2) is 27.8 Å². The van der Waals surface area contributed by atoms with Gasteiger partial charge in [-0.1, -0.05) is 18.2 Å². The van der Waals surface area contributed by atoms with Gasteiger partial charge in [-0.2, -0.15) is 18.3 Å². The highest BCUT2D eigenvalue weighted by Crippen LogP contribution is 2.41. The van der Waals surface area contributed by atoms with Gasteiger partial charge in [0.15, 0.2) is 5.71 Å². The molecule has 0 fully saturated rings. The number of aromatic carboxylic acids is 1. The Bertz CT molecular complexity index is 1770. The molecule has 7 nitrogen and oxygen atoms in total. The fourth-order valence-corrected chi connectivity index (χ4v) is 4.49. The van der Waals surface area contributed by atoms with Crippen molar-refractivity contribution in [1.29, 1.82) is 0 Å². The van der Waals surface area contributed by atoms with Crippen LogP contribution in [0, 0.1) is 19.7 Å². The quantitative estimate of drug-likeness (QED) is 0.138. The average molecular weight is 564 g/mol. The molecular weight excluding hydrogens is 542 g/mol. The molecule has 5 rings (SSSR count). The van der Waals surface area contributed by atoms with Gasteiger partial charge in [-0.25, -0.2) is 9.18 Å². The van der Waals surface area contributed by atoms with E-state index in [0.717, 1.165) is 46.4 Å². The molecule has 3 N–H and O–H groups in total. The van der Waals surface area contributed by atoms with E-state index in [1.54, 1.807) is 25.1 Å². The molecule has 1 heterocycles. The predicted molar refractivity (Wildman–Crippen MR) is 145 cm³/mol. The zero-order valence-corrected chi connectivity index (χ0v) is 21.5. The first-order valence-corrected chi connectivity index (χ1v) is 12.2. The molecule has 0 saturated heterocycles. The molecule has 0 aliphatic carbocycles. The van der Waals surface area contributed by atoms with E-state index in [9.17, 15) is 37.4 Å². The van der Waals surface area contributed by atoms with Crippen molar-refractivity contribution in [3.63, 3.8) is 0 Å². The molecule has 11 heteroatoms. The van der Waals surface area contributed by atoms with E-state index in [1.165, 1.54) is 24.3 Å². The summed E-state index contributed by atoms with van der Waals surface area (Å²) in [6.45, 7) is 3.66. The minimum absolute atomic E-state index is 0.0386. The second-order valence-electron chi connectivity index (χ2n) is 9.45. The number of aromatic hydroxyl groups is 1. The maximum Gasteiger partial charge on any atom is 0.416 e. The normalized spacial score (nSPS) is 14.0. The van der Waals surface area contributed by atoms with Gasteiger partial charge in [0, 0.05) is 22.9 Å². The van der Waals surface area contributed by atoms with Crippen molar-refractivity contribution in [2.75, 3.05) is 10.3 Å². The standard InChI is InChI=1S/C30H21F4N3O4/c1-15-6-8-21(10-16(15)2)37-25-12-19(30(32,33)34)7-9-22(25)26(28(37)39)36-35-24-14-20(31)13-23(27(24)38)17-4-3-5-18(11-17)29(40)41/h3-14,35,38H,1-2H3,(H,40,41)/b36-26-. The summed E-state index contributed by atoms with van der Waals surface area (Å²) >= 11 is 0. The Labute approximate surface area is 231 Å². The third-order valence-electron chi connectivity index (χ3n) is 6.76. The maximum absolute atomic E-state index is 14.6. The number of hydrogen-bond acceptors (Lipinski definition) is 5.